The van der Waals surface area contributed by atoms with Crippen LogP contribution in [0.4, 0.5) is 16.0 Å². The third kappa shape index (κ3) is 2.90. The lowest BCUT2D eigenvalue weighted by molar-refractivity contribution is 0.101. The number of aromatic amines is 1. The van der Waals surface area contributed by atoms with Crippen molar-refractivity contribution >= 4 is 51.7 Å². The molecule has 124 valence electrons. The number of H-pyrrole nitrogens is 1. The highest BCUT2D eigenvalue weighted by molar-refractivity contribution is 6.35. The number of nitrogens with one attached hydrogen (secondary N) is 2. The first-order valence-corrected chi connectivity index (χ1v) is 7.65. The first-order valence-electron chi connectivity index (χ1n) is 6.90. The lowest BCUT2D eigenvalue weighted by Gasteiger charge is -2.07. The molecule has 0 bridgehead atoms. The Balaban J connectivity index is 2.06. The van der Waals surface area contributed by atoms with Gasteiger partial charge < -0.3 is 15.0 Å². The molecular formula is C16H12Cl2FN3O2. The number of aromatic nitrogens is 2. The Labute approximate surface area is 146 Å². The van der Waals surface area contributed by atoms with E-state index in [2.05, 4.69) is 15.3 Å². The minimum absolute atomic E-state index is 0.0157. The van der Waals surface area contributed by atoms with Gasteiger partial charge in [0.05, 0.1) is 39.4 Å². The van der Waals surface area contributed by atoms with Crippen molar-refractivity contribution in [3.8, 4) is 5.75 Å². The molecule has 0 radical (unpaired) electrons. The number of halogens is 3. The summed E-state index contributed by atoms with van der Waals surface area (Å²) in [4.78, 5) is 19.0. The van der Waals surface area contributed by atoms with Gasteiger partial charge in [0.25, 0.3) is 0 Å². The van der Waals surface area contributed by atoms with Gasteiger partial charge in [0, 0.05) is 6.07 Å². The fourth-order valence-corrected chi connectivity index (χ4v) is 2.65. The lowest BCUT2D eigenvalue weighted by atomic mass is 10.1. The highest BCUT2D eigenvalue weighted by atomic mass is 35.5. The number of methoxy groups -OCH3 is 1. The van der Waals surface area contributed by atoms with Crippen molar-refractivity contribution in [2.75, 3.05) is 12.4 Å². The second-order valence-electron chi connectivity index (χ2n) is 5.05. The van der Waals surface area contributed by atoms with Crippen LogP contribution < -0.4 is 10.1 Å². The SMILES string of the molecule is COc1cc2nc(Nc3c(Cl)ccc(Cl)c3F)[nH]c2cc1C(C)=O. The van der Waals surface area contributed by atoms with E-state index >= 15 is 0 Å². The molecule has 0 saturated carbocycles. The third-order valence-electron chi connectivity index (χ3n) is 3.47. The number of imidazole rings is 1. The zero-order chi connectivity index (χ0) is 17.4. The number of hydrogen-bond donors (Lipinski definition) is 2. The van der Waals surface area contributed by atoms with Crippen LogP contribution in [0.3, 0.4) is 0 Å². The van der Waals surface area contributed by atoms with Crippen LogP contribution >= 0.6 is 23.2 Å². The summed E-state index contributed by atoms with van der Waals surface area (Å²) in [5.41, 5.74) is 1.59. The molecular weight excluding hydrogens is 356 g/mol. The Morgan fingerprint density at radius 3 is 2.67 bits per heavy atom. The summed E-state index contributed by atoms with van der Waals surface area (Å²) in [6.07, 6.45) is 0. The molecule has 0 atom stereocenters. The summed E-state index contributed by atoms with van der Waals surface area (Å²) in [7, 11) is 1.47. The Morgan fingerprint density at radius 1 is 1.29 bits per heavy atom. The third-order valence-corrected chi connectivity index (χ3v) is 4.08. The van der Waals surface area contributed by atoms with E-state index in [1.54, 1.807) is 12.1 Å². The van der Waals surface area contributed by atoms with E-state index in [9.17, 15) is 9.18 Å². The molecule has 0 saturated heterocycles. The topological polar surface area (TPSA) is 67.0 Å². The van der Waals surface area contributed by atoms with Crippen molar-refractivity contribution in [1.82, 2.24) is 9.97 Å². The molecule has 0 amide bonds. The van der Waals surface area contributed by atoms with Crippen LogP contribution in [0.1, 0.15) is 17.3 Å². The smallest absolute Gasteiger partial charge is 0.205 e. The monoisotopic (exact) mass is 367 g/mol. The van der Waals surface area contributed by atoms with Crippen LogP contribution in [0.5, 0.6) is 5.75 Å². The van der Waals surface area contributed by atoms with E-state index in [4.69, 9.17) is 27.9 Å². The number of Topliss-reactive ketones (excluding diaryl/α,β-unsaturated/α-hetero) is 1. The number of benzene rings is 2. The van der Waals surface area contributed by atoms with E-state index in [-0.39, 0.29) is 27.5 Å². The number of rotatable bonds is 4. The fraction of sp³-hybridized carbons (Fsp3) is 0.125. The number of ether oxygens (including phenoxy) is 1. The molecule has 0 aliphatic heterocycles. The summed E-state index contributed by atoms with van der Waals surface area (Å²) in [5, 5.41) is 2.88. The van der Waals surface area contributed by atoms with Gasteiger partial charge >= 0.3 is 0 Å². The zero-order valence-electron chi connectivity index (χ0n) is 12.7. The average Bonchev–Trinajstić information content (AvgIpc) is 2.95. The number of ketones is 1. The molecule has 8 heteroatoms. The highest BCUT2D eigenvalue weighted by Crippen LogP contribution is 2.33. The molecule has 2 aromatic carbocycles. The summed E-state index contributed by atoms with van der Waals surface area (Å²) in [5.74, 6) is -0.135. The lowest BCUT2D eigenvalue weighted by Crippen LogP contribution is -1.97. The maximum atomic E-state index is 14.1. The Bertz CT molecular complexity index is 956. The van der Waals surface area contributed by atoms with E-state index in [0.717, 1.165) is 0 Å². The molecule has 0 unspecified atom stereocenters. The highest BCUT2D eigenvalue weighted by Gasteiger charge is 2.15. The second kappa shape index (κ2) is 6.30. The van der Waals surface area contributed by atoms with Gasteiger partial charge in [0.15, 0.2) is 11.6 Å². The summed E-state index contributed by atoms with van der Waals surface area (Å²) >= 11 is 11.8. The maximum Gasteiger partial charge on any atom is 0.205 e. The summed E-state index contributed by atoms with van der Waals surface area (Å²) in [6.45, 7) is 1.44. The van der Waals surface area contributed by atoms with E-state index in [1.165, 1.54) is 26.2 Å². The van der Waals surface area contributed by atoms with Gasteiger partial charge in [0.1, 0.15) is 5.75 Å². The van der Waals surface area contributed by atoms with Gasteiger partial charge in [0.2, 0.25) is 5.95 Å². The van der Waals surface area contributed by atoms with Crippen molar-refractivity contribution in [3.05, 3.63) is 45.7 Å². The van der Waals surface area contributed by atoms with Gasteiger partial charge in [-0.05, 0) is 25.1 Å². The molecule has 0 aliphatic rings. The number of hydrogen-bond acceptors (Lipinski definition) is 4. The molecule has 2 N–H and O–H groups in total. The molecule has 3 aromatic rings. The molecule has 0 spiro atoms. The molecule has 3 rings (SSSR count). The van der Waals surface area contributed by atoms with Crippen LogP contribution in [-0.4, -0.2) is 22.9 Å². The molecule has 0 aliphatic carbocycles. The molecule has 1 aromatic heterocycles. The minimum Gasteiger partial charge on any atom is -0.496 e. The predicted octanol–water partition coefficient (Wildman–Crippen LogP) is 4.96. The molecule has 5 nitrogen and oxygen atoms in total. The van der Waals surface area contributed by atoms with Gasteiger partial charge in [-0.25, -0.2) is 9.37 Å². The van der Waals surface area contributed by atoms with Gasteiger partial charge in [-0.1, -0.05) is 23.2 Å². The predicted molar refractivity (Wildman–Crippen MR) is 92.4 cm³/mol. The van der Waals surface area contributed by atoms with Crippen molar-refractivity contribution in [1.29, 1.82) is 0 Å². The number of nitrogens with zero attached hydrogens (tertiary/aromatic N) is 1. The number of carbonyl (C=O) groups excluding carboxylic acids is 1. The zero-order valence-corrected chi connectivity index (χ0v) is 14.2. The number of anilines is 2. The summed E-state index contributed by atoms with van der Waals surface area (Å²) in [6, 6.07) is 6.11. The summed E-state index contributed by atoms with van der Waals surface area (Å²) < 4.78 is 19.3. The Morgan fingerprint density at radius 2 is 2.00 bits per heavy atom. The van der Waals surface area contributed by atoms with Crippen LogP contribution in [0.15, 0.2) is 24.3 Å². The van der Waals surface area contributed by atoms with Gasteiger partial charge in [-0.2, -0.15) is 0 Å². The first-order chi connectivity index (χ1) is 11.4. The quantitative estimate of drug-likeness (QED) is 0.504. The van der Waals surface area contributed by atoms with Crippen molar-refractivity contribution in [2.45, 2.75) is 6.92 Å². The fourth-order valence-electron chi connectivity index (χ4n) is 2.30. The minimum atomic E-state index is -0.674. The number of fused-ring (bicyclic) bond motifs is 1. The van der Waals surface area contributed by atoms with E-state index < -0.39 is 5.82 Å². The maximum absolute atomic E-state index is 14.1. The van der Waals surface area contributed by atoms with Crippen LogP contribution in [0, 0.1) is 5.82 Å². The second-order valence-corrected chi connectivity index (χ2v) is 5.87. The molecule has 0 fully saturated rings. The molecule has 24 heavy (non-hydrogen) atoms. The van der Waals surface area contributed by atoms with Gasteiger partial charge in [-0.3, -0.25) is 4.79 Å². The first kappa shape index (κ1) is 16.5. The van der Waals surface area contributed by atoms with Gasteiger partial charge in [-0.15, -0.1) is 0 Å². The van der Waals surface area contributed by atoms with Crippen molar-refractivity contribution < 1.29 is 13.9 Å². The number of carbonyl (C=O) groups is 1. The van der Waals surface area contributed by atoms with Crippen LogP contribution in [0.2, 0.25) is 10.0 Å². The standard InChI is InChI=1S/C16H12Cl2FN3O2/c1-7(23)8-5-11-12(6-13(8)24-2)21-16(20-11)22-15-10(18)4-3-9(17)14(15)19/h3-6H,1-2H3,(H2,20,21,22). The normalized spacial score (nSPS) is 10.9. The Hall–Kier alpha value is -2.31. The average molecular weight is 368 g/mol. The Kier molecular flexibility index (Phi) is 4.34. The van der Waals surface area contributed by atoms with Crippen LogP contribution in [0.25, 0.3) is 11.0 Å². The van der Waals surface area contributed by atoms with E-state index in [1.807, 2.05) is 0 Å². The van der Waals surface area contributed by atoms with Crippen LogP contribution in [-0.2, 0) is 0 Å². The largest absolute Gasteiger partial charge is 0.496 e. The van der Waals surface area contributed by atoms with Crippen molar-refractivity contribution in [3.63, 3.8) is 0 Å². The van der Waals surface area contributed by atoms with Crippen molar-refractivity contribution in [2.24, 2.45) is 0 Å². The van der Waals surface area contributed by atoms with E-state index in [0.29, 0.717) is 22.3 Å². The molecule has 1 heterocycles.